The lowest BCUT2D eigenvalue weighted by atomic mass is 9.80. The number of alkyl halides is 3. The van der Waals surface area contributed by atoms with Crippen LogP contribution < -0.4 is 5.46 Å². The van der Waals surface area contributed by atoms with Crippen LogP contribution in [-0.2, 0) is 10.9 Å². The first-order valence-electron chi connectivity index (χ1n) is 5.53. The topological polar surface area (TPSA) is 67.5 Å². The van der Waals surface area contributed by atoms with Crippen LogP contribution in [0.15, 0.2) is 6.20 Å². The van der Waals surface area contributed by atoms with Crippen molar-refractivity contribution >= 4 is 12.6 Å². The number of nitrogens with zero attached hydrogens (tertiary/aromatic N) is 2. The molecule has 0 aliphatic carbocycles. The Bertz CT molecular complexity index is 416. The zero-order chi connectivity index (χ0) is 13.3. The zero-order valence-corrected chi connectivity index (χ0v) is 9.39. The standard InChI is InChI=1S/C9H12BF3N2O3/c11-9(12,13)8-6(10(16)17)5-15(14-8)7-3-1-2-4-18-7/h5,7,16-17H,1-4H2. The Balaban J connectivity index is 2.32. The molecule has 0 radical (unpaired) electrons. The lowest BCUT2D eigenvalue weighted by Gasteiger charge is -2.22. The van der Waals surface area contributed by atoms with Gasteiger partial charge >= 0.3 is 13.3 Å². The molecule has 5 nitrogen and oxygen atoms in total. The second-order valence-electron chi connectivity index (χ2n) is 4.11. The third-order valence-electron chi connectivity index (χ3n) is 2.76. The molecule has 0 spiro atoms. The van der Waals surface area contributed by atoms with Gasteiger partial charge in [-0.1, -0.05) is 0 Å². The minimum absolute atomic E-state index is 0.461. The van der Waals surface area contributed by atoms with Gasteiger partial charge in [0.05, 0.1) is 0 Å². The summed E-state index contributed by atoms with van der Waals surface area (Å²) in [6.45, 7) is 0.461. The summed E-state index contributed by atoms with van der Waals surface area (Å²) in [5.74, 6) is 0. The van der Waals surface area contributed by atoms with E-state index in [1.54, 1.807) is 0 Å². The quantitative estimate of drug-likeness (QED) is 0.753. The van der Waals surface area contributed by atoms with Crippen LogP contribution in [0.4, 0.5) is 13.2 Å². The van der Waals surface area contributed by atoms with Gasteiger partial charge in [0.25, 0.3) is 0 Å². The summed E-state index contributed by atoms with van der Waals surface area (Å²) >= 11 is 0. The van der Waals surface area contributed by atoms with Gasteiger partial charge in [-0.15, -0.1) is 0 Å². The van der Waals surface area contributed by atoms with Gasteiger partial charge in [-0.05, 0) is 19.3 Å². The van der Waals surface area contributed by atoms with Gasteiger partial charge in [-0.25, -0.2) is 4.68 Å². The molecular formula is C9H12BF3N2O3. The molecule has 100 valence electrons. The average Bonchev–Trinajstić information content (AvgIpc) is 2.74. The molecule has 0 aromatic carbocycles. The fourth-order valence-electron chi connectivity index (χ4n) is 1.89. The minimum Gasteiger partial charge on any atom is -0.423 e. The van der Waals surface area contributed by atoms with Crippen molar-refractivity contribution < 1.29 is 28.0 Å². The Labute approximate surface area is 101 Å². The average molecular weight is 264 g/mol. The van der Waals surface area contributed by atoms with Crippen molar-refractivity contribution in [1.29, 1.82) is 0 Å². The van der Waals surface area contributed by atoms with Crippen LogP contribution >= 0.6 is 0 Å². The molecule has 1 unspecified atom stereocenters. The molecule has 1 aliphatic rings. The zero-order valence-electron chi connectivity index (χ0n) is 9.39. The molecule has 2 N–H and O–H groups in total. The van der Waals surface area contributed by atoms with E-state index in [9.17, 15) is 13.2 Å². The Morgan fingerprint density at radius 3 is 2.56 bits per heavy atom. The molecule has 0 amide bonds. The van der Waals surface area contributed by atoms with E-state index < -0.39 is 30.7 Å². The van der Waals surface area contributed by atoms with Crippen molar-refractivity contribution in [2.75, 3.05) is 6.61 Å². The summed E-state index contributed by atoms with van der Waals surface area (Å²) in [4.78, 5) is 0. The first-order valence-corrected chi connectivity index (χ1v) is 5.53. The SMILES string of the molecule is OB(O)c1cn(C2CCCCO2)nc1C(F)(F)F. The highest BCUT2D eigenvalue weighted by molar-refractivity contribution is 6.59. The van der Waals surface area contributed by atoms with Crippen molar-refractivity contribution in [3.63, 3.8) is 0 Å². The van der Waals surface area contributed by atoms with Crippen LogP contribution in [0.2, 0.25) is 0 Å². The maximum absolute atomic E-state index is 12.7. The molecule has 1 aromatic rings. The van der Waals surface area contributed by atoms with Crippen LogP contribution in [0.25, 0.3) is 0 Å². The molecule has 1 fully saturated rings. The lowest BCUT2D eigenvalue weighted by Crippen LogP contribution is -2.34. The third-order valence-corrected chi connectivity index (χ3v) is 2.76. The first kappa shape index (κ1) is 13.4. The first-order chi connectivity index (χ1) is 8.39. The summed E-state index contributed by atoms with van der Waals surface area (Å²) < 4.78 is 44.3. The van der Waals surface area contributed by atoms with Gasteiger partial charge in [-0.2, -0.15) is 18.3 Å². The fraction of sp³-hybridized carbons (Fsp3) is 0.667. The lowest BCUT2D eigenvalue weighted by molar-refractivity contribution is -0.141. The smallest absolute Gasteiger partial charge is 0.423 e. The molecule has 2 rings (SSSR count). The molecule has 0 bridgehead atoms. The van der Waals surface area contributed by atoms with Crippen LogP contribution in [0.5, 0.6) is 0 Å². The maximum atomic E-state index is 12.7. The number of hydrogen-bond acceptors (Lipinski definition) is 4. The van der Waals surface area contributed by atoms with Crippen molar-refractivity contribution in [3.8, 4) is 0 Å². The van der Waals surface area contributed by atoms with Gasteiger partial charge < -0.3 is 14.8 Å². The normalized spacial score (nSPS) is 21.1. The van der Waals surface area contributed by atoms with E-state index in [0.717, 1.165) is 23.7 Å². The number of halogens is 3. The van der Waals surface area contributed by atoms with E-state index in [0.29, 0.717) is 13.0 Å². The molecule has 18 heavy (non-hydrogen) atoms. The van der Waals surface area contributed by atoms with Crippen LogP contribution in [0, 0.1) is 0 Å². The predicted octanol–water partition coefficient (Wildman–Crippen LogP) is 0.281. The van der Waals surface area contributed by atoms with E-state index in [2.05, 4.69) is 5.10 Å². The van der Waals surface area contributed by atoms with Crippen LogP contribution in [0.1, 0.15) is 31.2 Å². The van der Waals surface area contributed by atoms with Gasteiger partial charge in [0, 0.05) is 18.3 Å². The monoisotopic (exact) mass is 264 g/mol. The molecule has 2 heterocycles. The molecule has 9 heteroatoms. The summed E-state index contributed by atoms with van der Waals surface area (Å²) in [5, 5.41) is 21.3. The Hall–Kier alpha value is -1.06. The molecule has 1 atom stereocenters. The third kappa shape index (κ3) is 2.68. The largest absolute Gasteiger partial charge is 0.492 e. The number of hydrogen-bond donors (Lipinski definition) is 2. The molecule has 1 saturated heterocycles. The van der Waals surface area contributed by atoms with E-state index >= 15 is 0 Å². The van der Waals surface area contributed by atoms with Gasteiger partial charge in [-0.3, -0.25) is 0 Å². The highest BCUT2D eigenvalue weighted by Gasteiger charge is 2.40. The minimum atomic E-state index is -4.72. The highest BCUT2D eigenvalue weighted by atomic mass is 19.4. The Morgan fingerprint density at radius 1 is 1.39 bits per heavy atom. The number of aromatic nitrogens is 2. The van der Waals surface area contributed by atoms with Crippen LogP contribution in [0.3, 0.4) is 0 Å². The Kier molecular flexibility index (Phi) is 3.65. The predicted molar refractivity (Wildman–Crippen MR) is 55.9 cm³/mol. The molecule has 1 aliphatic heterocycles. The summed E-state index contributed by atoms with van der Waals surface area (Å²) in [7, 11) is -2.21. The second kappa shape index (κ2) is 4.91. The van der Waals surface area contributed by atoms with E-state index in [-0.39, 0.29) is 0 Å². The maximum Gasteiger partial charge on any atom is 0.492 e. The number of ether oxygens (including phenoxy) is 1. The van der Waals surface area contributed by atoms with E-state index in [1.165, 1.54) is 0 Å². The summed E-state index contributed by atoms with van der Waals surface area (Å²) in [5.41, 5.74) is -1.94. The van der Waals surface area contributed by atoms with Crippen molar-refractivity contribution in [2.24, 2.45) is 0 Å². The summed E-state index contributed by atoms with van der Waals surface area (Å²) in [6.07, 6.45) is -2.07. The highest BCUT2D eigenvalue weighted by Crippen LogP contribution is 2.28. The Morgan fingerprint density at radius 2 is 2.11 bits per heavy atom. The van der Waals surface area contributed by atoms with Gasteiger partial charge in [0.2, 0.25) is 0 Å². The van der Waals surface area contributed by atoms with Crippen molar-refractivity contribution in [1.82, 2.24) is 9.78 Å². The van der Waals surface area contributed by atoms with E-state index in [4.69, 9.17) is 14.8 Å². The number of rotatable bonds is 2. The fourth-order valence-corrected chi connectivity index (χ4v) is 1.89. The van der Waals surface area contributed by atoms with Crippen molar-refractivity contribution in [2.45, 2.75) is 31.7 Å². The molecular weight excluding hydrogens is 252 g/mol. The molecule has 1 aromatic heterocycles. The second-order valence-corrected chi connectivity index (χ2v) is 4.11. The van der Waals surface area contributed by atoms with Crippen molar-refractivity contribution in [3.05, 3.63) is 11.9 Å². The summed E-state index contributed by atoms with van der Waals surface area (Å²) in [6, 6.07) is 0. The van der Waals surface area contributed by atoms with Crippen LogP contribution in [-0.4, -0.2) is 33.6 Å². The van der Waals surface area contributed by atoms with E-state index in [1.807, 2.05) is 0 Å². The van der Waals surface area contributed by atoms with Gasteiger partial charge in [0.1, 0.15) is 6.23 Å². The van der Waals surface area contributed by atoms with Gasteiger partial charge in [0.15, 0.2) is 5.69 Å². The molecule has 0 saturated carbocycles.